The molecule has 0 aromatic heterocycles. The summed E-state index contributed by atoms with van der Waals surface area (Å²) in [6.45, 7) is 13.0. The van der Waals surface area contributed by atoms with Crippen LogP contribution in [0.4, 0.5) is 0 Å². The minimum absolute atomic E-state index is 0.0605. The molecule has 0 amide bonds. The molecule has 2 atom stereocenters. The first kappa shape index (κ1) is 15.5. The summed E-state index contributed by atoms with van der Waals surface area (Å²) < 4.78 is 6.17. The van der Waals surface area contributed by atoms with Crippen molar-refractivity contribution in [1.82, 2.24) is 0 Å². The lowest BCUT2D eigenvalue weighted by molar-refractivity contribution is -0.0765. The highest BCUT2D eigenvalue weighted by Crippen LogP contribution is 2.43. The van der Waals surface area contributed by atoms with Gasteiger partial charge in [-0.15, -0.1) is 0 Å². The maximum Gasteiger partial charge on any atom is 0.0677 e. The zero-order valence-electron chi connectivity index (χ0n) is 13.8. The van der Waals surface area contributed by atoms with Crippen LogP contribution in [0.1, 0.15) is 50.8 Å². The van der Waals surface area contributed by atoms with Crippen LogP contribution in [-0.2, 0) is 11.2 Å². The molecule has 0 radical (unpaired) electrons. The van der Waals surface area contributed by atoms with Crippen molar-refractivity contribution in [2.75, 3.05) is 0 Å². The van der Waals surface area contributed by atoms with Crippen molar-refractivity contribution >= 4 is 0 Å². The van der Waals surface area contributed by atoms with Gasteiger partial charge in [-0.1, -0.05) is 18.2 Å². The number of ether oxygens (including phenoxy) is 1. The molecule has 0 aliphatic carbocycles. The Morgan fingerprint density at radius 3 is 2.35 bits per heavy atom. The summed E-state index contributed by atoms with van der Waals surface area (Å²) in [6.07, 6.45) is 1.96. The normalized spacial score (nSPS) is 25.6. The molecule has 2 rings (SSSR count). The maximum atomic E-state index is 6.52. The van der Waals surface area contributed by atoms with Crippen molar-refractivity contribution in [3.05, 3.63) is 34.9 Å². The third-order valence-electron chi connectivity index (χ3n) is 4.70. The van der Waals surface area contributed by atoms with E-state index in [0.29, 0.717) is 5.92 Å². The van der Waals surface area contributed by atoms with E-state index in [2.05, 4.69) is 59.7 Å². The monoisotopic (exact) mass is 275 g/mol. The molecule has 1 saturated heterocycles. The van der Waals surface area contributed by atoms with Crippen molar-refractivity contribution in [3.8, 4) is 0 Å². The molecule has 1 aliphatic heterocycles. The van der Waals surface area contributed by atoms with Crippen molar-refractivity contribution in [2.45, 2.75) is 71.6 Å². The molecular formula is C18H29NO. The van der Waals surface area contributed by atoms with Crippen LogP contribution in [0.3, 0.4) is 0 Å². The van der Waals surface area contributed by atoms with E-state index >= 15 is 0 Å². The SMILES string of the molecule is Cc1ccc(CC(N)C2CC(C)(C)OC2(C)C)cc1C. The molecule has 2 nitrogen and oxygen atoms in total. The number of hydrogen-bond acceptors (Lipinski definition) is 2. The Morgan fingerprint density at radius 2 is 1.85 bits per heavy atom. The summed E-state index contributed by atoms with van der Waals surface area (Å²) in [6, 6.07) is 6.81. The van der Waals surface area contributed by atoms with Crippen LogP contribution >= 0.6 is 0 Å². The lowest BCUT2D eigenvalue weighted by Crippen LogP contribution is -2.42. The van der Waals surface area contributed by atoms with Crippen molar-refractivity contribution in [1.29, 1.82) is 0 Å². The fourth-order valence-electron chi connectivity index (χ4n) is 3.62. The zero-order chi connectivity index (χ0) is 15.1. The van der Waals surface area contributed by atoms with Gasteiger partial charge in [0.2, 0.25) is 0 Å². The number of rotatable bonds is 3. The van der Waals surface area contributed by atoms with Gasteiger partial charge in [0.25, 0.3) is 0 Å². The molecule has 1 heterocycles. The van der Waals surface area contributed by atoms with Crippen molar-refractivity contribution in [3.63, 3.8) is 0 Å². The second-order valence-corrected chi connectivity index (χ2v) is 7.56. The second kappa shape index (κ2) is 5.16. The Bertz CT molecular complexity index is 490. The molecule has 0 spiro atoms. The lowest BCUT2D eigenvalue weighted by Gasteiger charge is -2.31. The molecule has 0 bridgehead atoms. The first-order valence-corrected chi connectivity index (χ1v) is 7.63. The van der Waals surface area contributed by atoms with Crippen LogP contribution in [0.25, 0.3) is 0 Å². The van der Waals surface area contributed by atoms with E-state index in [1.54, 1.807) is 0 Å². The number of hydrogen-bond donors (Lipinski definition) is 1. The Hall–Kier alpha value is -0.860. The predicted molar refractivity (Wildman–Crippen MR) is 84.9 cm³/mol. The fraction of sp³-hybridized carbons (Fsp3) is 0.667. The summed E-state index contributed by atoms with van der Waals surface area (Å²) in [7, 11) is 0. The van der Waals surface area contributed by atoms with Crippen molar-refractivity contribution in [2.24, 2.45) is 11.7 Å². The van der Waals surface area contributed by atoms with Crippen LogP contribution in [0, 0.1) is 19.8 Å². The van der Waals surface area contributed by atoms with Gasteiger partial charge in [-0.25, -0.2) is 0 Å². The van der Waals surface area contributed by atoms with Gasteiger partial charge in [-0.3, -0.25) is 0 Å². The zero-order valence-corrected chi connectivity index (χ0v) is 13.8. The van der Waals surface area contributed by atoms with Crippen LogP contribution in [0.5, 0.6) is 0 Å². The highest BCUT2D eigenvalue weighted by molar-refractivity contribution is 5.30. The van der Waals surface area contributed by atoms with Gasteiger partial charge in [0.05, 0.1) is 11.2 Å². The molecule has 20 heavy (non-hydrogen) atoms. The molecule has 2 heteroatoms. The quantitative estimate of drug-likeness (QED) is 0.911. The molecule has 1 fully saturated rings. The van der Waals surface area contributed by atoms with Crippen LogP contribution < -0.4 is 5.73 Å². The smallest absolute Gasteiger partial charge is 0.0677 e. The summed E-state index contributed by atoms with van der Waals surface area (Å²) in [4.78, 5) is 0. The van der Waals surface area contributed by atoms with E-state index in [-0.39, 0.29) is 17.2 Å². The largest absolute Gasteiger partial charge is 0.369 e. The highest BCUT2D eigenvalue weighted by atomic mass is 16.5. The lowest BCUT2D eigenvalue weighted by atomic mass is 9.79. The molecule has 2 unspecified atom stereocenters. The van der Waals surface area contributed by atoms with E-state index in [9.17, 15) is 0 Å². The fourth-order valence-corrected chi connectivity index (χ4v) is 3.62. The van der Waals surface area contributed by atoms with Gasteiger partial charge >= 0.3 is 0 Å². The first-order chi connectivity index (χ1) is 9.11. The van der Waals surface area contributed by atoms with E-state index in [0.717, 1.165) is 12.8 Å². The third-order valence-corrected chi connectivity index (χ3v) is 4.70. The summed E-state index contributed by atoms with van der Waals surface area (Å²) in [5.74, 6) is 0.402. The van der Waals surface area contributed by atoms with E-state index < -0.39 is 0 Å². The summed E-state index contributed by atoms with van der Waals surface area (Å²) >= 11 is 0. The van der Waals surface area contributed by atoms with Gasteiger partial charge < -0.3 is 10.5 Å². The van der Waals surface area contributed by atoms with E-state index in [1.165, 1.54) is 16.7 Å². The summed E-state index contributed by atoms with van der Waals surface area (Å²) in [5.41, 5.74) is 10.3. The predicted octanol–water partition coefficient (Wildman–Crippen LogP) is 3.77. The molecular weight excluding hydrogens is 246 g/mol. The Morgan fingerprint density at radius 1 is 1.20 bits per heavy atom. The third kappa shape index (κ3) is 3.24. The average Bonchev–Trinajstić information content (AvgIpc) is 2.52. The minimum Gasteiger partial charge on any atom is -0.369 e. The number of aryl methyl sites for hydroxylation is 2. The average molecular weight is 275 g/mol. The van der Waals surface area contributed by atoms with Crippen LogP contribution in [-0.4, -0.2) is 17.2 Å². The second-order valence-electron chi connectivity index (χ2n) is 7.56. The Kier molecular flexibility index (Phi) is 4.01. The maximum absolute atomic E-state index is 6.52. The van der Waals surface area contributed by atoms with E-state index in [4.69, 9.17) is 10.5 Å². The summed E-state index contributed by atoms with van der Waals surface area (Å²) in [5, 5.41) is 0. The van der Waals surface area contributed by atoms with E-state index in [1.807, 2.05) is 0 Å². The molecule has 112 valence electrons. The van der Waals surface area contributed by atoms with Gasteiger partial charge in [0, 0.05) is 12.0 Å². The van der Waals surface area contributed by atoms with Gasteiger partial charge in [0.15, 0.2) is 0 Å². The number of nitrogens with two attached hydrogens (primary N) is 1. The topological polar surface area (TPSA) is 35.2 Å². The van der Waals surface area contributed by atoms with Gasteiger partial charge in [0.1, 0.15) is 0 Å². The minimum atomic E-state index is -0.136. The van der Waals surface area contributed by atoms with Gasteiger partial charge in [-0.2, -0.15) is 0 Å². The highest BCUT2D eigenvalue weighted by Gasteiger charge is 2.47. The van der Waals surface area contributed by atoms with Crippen LogP contribution in [0.2, 0.25) is 0 Å². The Balaban J connectivity index is 2.12. The standard InChI is InChI=1S/C18H29NO/c1-12-7-8-14(9-13(12)2)10-16(19)15-11-17(3,4)20-18(15,5)6/h7-9,15-16H,10-11,19H2,1-6H3. The molecule has 1 aliphatic rings. The molecule has 0 saturated carbocycles. The van der Waals surface area contributed by atoms with Gasteiger partial charge in [-0.05, 0) is 71.1 Å². The van der Waals surface area contributed by atoms with Crippen molar-refractivity contribution < 1.29 is 4.74 Å². The Labute approximate surface area is 123 Å². The molecule has 1 aromatic carbocycles. The molecule has 1 aromatic rings. The molecule has 2 N–H and O–H groups in total. The van der Waals surface area contributed by atoms with Crippen LogP contribution in [0.15, 0.2) is 18.2 Å². The number of benzene rings is 1. The first-order valence-electron chi connectivity index (χ1n) is 7.63.